The molecule has 0 aliphatic heterocycles. The van der Waals surface area contributed by atoms with Gasteiger partial charge in [0.25, 0.3) is 0 Å². The van der Waals surface area contributed by atoms with Crippen molar-refractivity contribution in [3.05, 3.63) is 102 Å². The lowest BCUT2D eigenvalue weighted by molar-refractivity contribution is 0.0735. The molecule has 0 amide bonds. The molecule has 2 N–H and O–H groups in total. The summed E-state index contributed by atoms with van der Waals surface area (Å²) >= 11 is 1.42. The third-order valence-corrected chi connectivity index (χ3v) is 4.53. The van der Waals surface area contributed by atoms with Gasteiger partial charge in [-0.15, -0.1) is 5.10 Å². The minimum absolute atomic E-state index is 0.381. The summed E-state index contributed by atoms with van der Waals surface area (Å²) in [4.78, 5) is 12.1. The quantitative estimate of drug-likeness (QED) is 0.222. The van der Waals surface area contributed by atoms with Crippen molar-refractivity contribution in [3.63, 3.8) is 0 Å². The summed E-state index contributed by atoms with van der Waals surface area (Å²) in [6.07, 6.45) is 1.57. The number of thioether (sulfide) groups is 1. The van der Waals surface area contributed by atoms with Gasteiger partial charge in [-0.3, -0.25) is 0 Å². The first-order valence-electron chi connectivity index (χ1n) is 8.61. The van der Waals surface area contributed by atoms with Crippen LogP contribution in [-0.2, 0) is 5.75 Å². The molecule has 0 bridgehead atoms. The monoisotopic (exact) mass is 389 g/mol. The lowest BCUT2D eigenvalue weighted by Gasteiger charge is -2.04. The predicted molar refractivity (Wildman–Crippen MR) is 115 cm³/mol. The first-order valence-corrected chi connectivity index (χ1v) is 9.60. The zero-order valence-corrected chi connectivity index (χ0v) is 15.9. The fourth-order valence-electron chi connectivity index (χ4n) is 2.31. The molecule has 0 saturated carbocycles. The first-order chi connectivity index (χ1) is 13.7. The van der Waals surface area contributed by atoms with Crippen LogP contribution in [0.25, 0.3) is 0 Å². The highest BCUT2D eigenvalue weighted by Gasteiger charge is 2.07. The molecule has 0 aromatic heterocycles. The van der Waals surface area contributed by atoms with Crippen LogP contribution in [0.3, 0.4) is 0 Å². The van der Waals surface area contributed by atoms with E-state index in [2.05, 4.69) is 10.2 Å². The Morgan fingerprint density at radius 3 is 2.43 bits per heavy atom. The van der Waals surface area contributed by atoms with Gasteiger partial charge in [-0.25, -0.2) is 4.79 Å². The number of hydrogen-bond donors (Lipinski definition) is 1. The van der Waals surface area contributed by atoms with Crippen LogP contribution in [0.4, 0.5) is 0 Å². The highest BCUT2D eigenvalue weighted by molar-refractivity contribution is 8.13. The summed E-state index contributed by atoms with van der Waals surface area (Å²) < 4.78 is 5.39. The topological polar surface area (TPSA) is 77.0 Å². The number of nitrogens with zero attached hydrogens (tertiary/aromatic N) is 2. The van der Waals surface area contributed by atoms with Crippen LogP contribution in [0.15, 0.2) is 95.1 Å². The molecule has 0 aliphatic carbocycles. The van der Waals surface area contributed by atoms with E-state index in [-0.39, 0.29) is 0 Å². The van der Waals surface area contributed by atoms with E-state index in [1.807, 2.05) is 42.5 Å². The Labute approximate surface area is 168 Å². The molecule has 6 heteroatoms. The van der Waals surface area contributed by atoms with Gasteiger partial charge in [0.1, 0.15) is 5.75 Å². The maximum absolute atomic E-state index is 12.1. The van der Waals surface area contributed by atoms with Gasteiger partial charge < -0.3 is 10.5 Å². The Hall–Kier alpha value is -3.38. The van der Waals surface area contributed by atoms with Crippen LogP contribution in [-0.4, -0.2) is 17.4 Å². The van der Waals surface area contributed by atoms with Crippen molar-refractivity contribution in [2.45, 2.75) is 5.75 Å². The van der Waals surface area contributed by atoms with E-state index in [9.17, 15) is 4.79 Å². The summed E-state index contributed by atoms with van der Waals surface area (Å²) in [5.41, 5.74) is 8.29. The maximum atomic E-state index is 12.1. The van der Waals surface area contributed by atoms with Crippen molar-refractivity contribution in [2.75, 3.05) is 0 Å². The number of ether oxygens (including phenoxy) is 1. The molecule has 3 rings (SSSR count). The summed E-state index contributed by atoms with van der Waals surface area (Å²) in [5.74, 6) is 0.763. The van der Waals surface area contributed by atoms with E-state index in [1.54, 1.807) is 48.7 Å². The van der Waals surface area contributed by atoms with Crippen LogP contribution >= 0.6 is 11.8 Å². The number of carbonyl (C=O) groups excluding carboxylic acids is 1. The third kappa shape index (κ3) is 6.10. The van der Waals surface area contributed by atoms with Gasteiger partial charge in [0.05, 0.1) is 11.8 Å². The number of nitrogens with two attached hydrogens (primary N) is 1. The molecular weight excluding hydrogens is 370 g/mol. The van der Waals surface area contributed by atoms with Gasteiger partial charge in [0, 0.05) is 5.75 Å². The molecule has 0 saturated heterocycles. The Balaban J connectivity index is 1.56. The molecule has 0 aliphatic rings. The largest absolute Gasteiger partial charge is 0.423 e. The summed E-state index contributed by atoms with van der Waals surface area (Å²) in [6, 6.07) is 25.9. The lowest BCUT2D eigenvalue weighted by atomic mass is 10.2. The molecule has 5 nitrogen and oxygen atoms in total. The van der Waals surface area contributed by atoms with Crippen molar-refractivity contribution in [1.29, 1.82) is 0 Å². The van der Waals surface area contributed by atoms with E-state index in [4.69, 9.17) is 10.5 Å². The molecule has 28 heavy (non-hydrogen) atoms. The van der Waals surface area contributed by atoms with Crippen LogP contribution in [0.5, 0.6) is 5.75 Å². The van der Waals surface area contributed by atoms with E-state index < -0.39 is 5.97 Å². The number of carbonyl (C=O) groups is 1. The lowest BCUT2D eigenvalue weighted by Crippen LogP contribution is -2.08. The summed E-state index contributed by atoms with van der Waals surface area (Å²) in [6.45, 7) is 0. The SMILES string of the molecule is NC(=NN=Cc1cccc(OC(=O)c2ccccc2)c1)SCc1ccccc1. The van der Waals surface area contributed by atoms with Crippen LogP contribution in [0.2, 0.25) is 0 Å². The molecule has 3 aromatic carbocycles. The van der Waals surface area contributed by atoms with Crippen LogP contribution < -0.4 is 10.5 Å². The second-order valence-electron chi connectivity index (χ2n) is 5.79. The molecule has 0 fully saturated rings. The molecule has 3 aromatic rings. The Bertz CT molecular complexity index is 973. The van der Waals surface area contributed by atoms with E-state index in [0.29, 0.717) is 16.5 Å². The molecule has 140 valence electrons. The van der Waals surface area contributed by atoms with Gasteiger partial charge in [-0.1, -0.05) is 72.4 Å². The average Bonchev–Trinajstić information content (AvgIpc) is 2.74. The molecule has 0 unspecified atom stereocenters. The second-order valence-corrected chi connectivity index (χ2v) is 6.78. The maximum Gasteiger partial charge on any atom is 0.343 e. The van der Waals surface area contributed by atoms with Crippen molar-refractivity contribution in [3.8, 4) is 5.75 Å². The normalized spacial score (nSPS) is 11.5. The summed E-state index contributed by atoms with van der Waals surface area (Å²) in [5, 5.41) is 8.38. The van der Waals surface area contributed by atoms with Gasteiger partial charge in [0.15, 0.2) is 5.17 Å². The van der Waals surface area contributed by atoms with Crippen LogP contribution in [0, 0.1) is 0 Å². The minimum atomic E-state index is -0.408. The molecule has 0 atom stereocenters. The van der Waals surface area contributed by atoms with Crippen LogP contribution in [0.1, 0.15) is 21.5 Å². The molecule has 0 heterocycles. The number of rotatable bonds is 6. The number of amidine groups is 1. The van der Waals surface area contributed by atoms with E-state index in [0.717, 1.165) is 11.3 Å². The van der Waals surface area contributed by atoms with Crippen molar-refractivity contribution >= 4 is 29.1 Å². The first kappa shape index (κ1) is 19.4. The van der Waals surface area contributed by atoms with Gasteiger partial charge in [-0.05, 0) is 35.4 Å². The van der Waals surface area contributed by atoms with Gasteiger partial charge >= 0.3 is 5.97 Å². The standard InChI is InChI=1S/C22H19N3O2S/c23-22(28-16-17-8-3-1-4-9-17)25-24-15-18-10-7-13-20(14-18)27-21(26)19-11-5-2-6-12-19/h1-15H,16H2,(H2,23,25). The number of hydrogen-bond acceptors (Lipinski definition) is 5. The van der Waals surface area contributed by atoms with Crippen molar-refractivity contribution in [2.24, 2.45) is 15.9 Å². The van der Waals surface area contributed by atoms with Gasteiger partial charge in [0.2, 0.25) is 0 Å². The fraction of sp³-hybridized carbons (Fsp3) is 0.0455. The minimum Gasteiger partial charge on any atom is -0.423 e. The highest BCUT2D eigenvalue weighted by atomic mass is 32.2. The smallest absolute Gasteiger partial charge is 0.343 e. The number of esters is 1. The third-order valence-electron chi connectivity index (χ3n) is 3.67. The van der Waals surface area contributed by atoms with Crippen molar-refractivity contribution in [1.82, 2.24) is 0 Å². The second kappa shape index (κ2) is 10.1. The molecular formula is C22H19N3O2S. The van der Waals surface area contributed by atoms with Crippen molar-refractivity contribution < 1.29 is 9.53 Å². The zero-order valence-electron chi connectivity index (χ0n) is 15.1. The Morgan fingerprint density at radius 2 is 1.68 bits per heavy atom. The van der Waals surface area contributed by atoms with Gasteiger partial charge in [-0.2, -0.15) is 5.10 Å². The predicted octanol–water partition coefficient (Wildman–Crippen LogP) is 4.49. The van der Waals surface area contributed by atoms with E-state index in [1.165, 1.54) is 17.3 Å². The zero-order chi connectivity index (χ0) is 19.6. The summed E-state index contributed by atoms with van der Waals surface area (Å²) in [7, 11) is 0. The highest BCUT2D eigenvalue weighted by Crippen LogP contribution is 2.15. The Morgan fingerprint density at radius 1 is 0.964 bits per heavy atom. The molecule has 0 radical (unpaired) electrons. The Kier molecular flexibility index (Phi) is 6.98. The average molecular weight is 389 g/mol. The fourth-order valence-corrected chi connectivity index (χ4v) is 2.92. The molecule has 0 spiro atoms. The number of benzene rings is 3. The van der Waals surface area contributed by atoms with E-state index >= 15 is 0 Å².